The molecule has 126 valence electrons. The van der Waals surface area contributed by atoms with Crippen LogP contribution < -0.4 is 10.1 Å². The molecule has 0 aromatic heterocycles. The van der Waals surface area contributed by atoms with Gasteiger partial charge in [0.25, 0.3) is 5.91 Å². The van der Waals surface area contributed by atoms with E-state index in [1.165, 1.54) is 14.2 Å². The van der Waals surface area contributed by atoms with Crippen LogP contribution in [-0.4, -0.2) is 44.7 Å². The van der Waals surface area contributed by atoms with Crippen LogP contribution in [0.5, 0.6) is 5.75 Å². The number of esters is 2. The molecule has 0 fully saturated rings. The van der Waals surface area contributed by atoms with Crippen molar-refractivity contribution in [3.05, 3.63) is 29.8 Å². The topological polar surface area (TPSA) is 90.9 Å². The normalized spacial score (nSPS) is 11.3. The maximum Gasteiger partial charge on any atom is 0.328 e. The predicted molar refractivity (Wildman–Crippen MR) is 81.9 cm³/mol. The Labute approximate surface area is 134 Å². The molecule has 0 aliphatic heterocycles. The van der Waals surface area contributed by atoms with Gasteiger partial charge in [-0.15, -0.1) is 0 Å². The molecule has 0 saturated heterocycles. The van der Waals surface area contributed by atoms with E-state index in [0.717, 1.165) is 12.0 Å². The number of ether oxygens (including phenoxy) is 3. The third-order valence-electron chi connectivity index (χ3n) is 3.13. The fourth-order valence-electron chi connectivity index (χ4n) is 1.90. The van der Waals surface area contributed by atoms with Crippen molar-refractivity contribution in [2.24, 2.45) is 0 Å². The first-order chi connectivity index (χ1) is 11.0. The van der Waals surface area contributed by atoms with E-state index in [4.69, 9.17) is 4.74 Å². The lowest BCUT2D eigenvalue weighted by Crippen LogP contribution is -2.45. The van der Waals surface area contributed by atoms with Crippen LogP contribution in [0.15, 0.2) is 24.3 Å². The van der Waals surface area contributed by atoms with Gasteiger partial charge in [-0.1, -0.05) is 25.1 Å². The van der Waals surface area contributed by atoms with Gasteiger partial charge < -0.3 is 19.5 Å². The molecular formula is C16H21NO6. The SMILES string of the molecule is CCc1ccccc1OCC(=O)N[C@@H](CC(=O)OC)C(=O)OC. The first-order valence-corrected chi connectivity index (χ1v) is 7.16. The second kappa shape index (κ2) is 9.45. The Kier molecular flexibility index (Phi) is 7.59. The Morgan fingerprint density at radius 1 is 1.13 bits per heavy atom. The largest absolute Gasteiger partial charge is 0.483 e. The van der Waals surface area contributed by atoms with E-state index in [1.807, 2.05) is 19.1 Å². The van der Waals surface area contributed by atoms with Crippen LogP contribution in [0, 0.1) is 0 Å². The van der Waals surface area contributed by atoms with Gasteiger partial charge in [-0.25, -0.2) is 4.79 Å². The molecule has 7 heteroatoms. The zero-order valence-corrected chi connectivity index (χ0v) is 13.5. The first-order valence-electron chi connectivity index (χ1n) is 7.16. The van der Waals surface area contributed by atoms with E-state index >= 15 is 0 Å². The van der Waals surface area contributed by atoms with E-state index in [1.54, 1.807) is 12.1 Å². The number of aryl methyl sites for hydroxylation is 1. The second-order valence-corrected chi connectivity index (χ2v) is 4.67. The predicted octanol–water partition coefficient (Wildman–Crippen LogP) is 0.849. The molecular weight excluding hydrogens is 302 g/mol. The summed E-state index contributed by atoms with van der Waals surface area (Å²) in [6.07, 6.45) is 0.464. The lowest BCUT2D eigenvalue weighted by Gasteiger charge is -2.16. The van der Waals surface area contributed by atoms with E-state index in [9.17, 15) is 14.4 Å². The molecule has 1 aromatic rings. The van der Waals surface area contributed by atoms with Crippen LogP contribution >= 0.6 is 0 Å². The summed E-state index contributed by atoms with van der Waals surface area (Å²) in [6.45, 7) is 1.71. The highest BCUT2D eigenvalue weighted by Gasteiger charge is 2.25. The number of rotatable bonds is 8. The van der Waals surface area contributed by atoms with Gasteiger partial charge in [0.1, 0.15) is 11.8 Å². The Balaban J connectivity index is 2.61. The lowest BCUT2D eigenvalue weighted by molar-refractivity contribution is -0.150. The minimum atomic E-state index is -1.11. The Hall–Kier alpha value is -2.57. The van der Waals surface area contributed by atoms with Crippen LogP contribution in [0.3, 0.4) is 0 Å². The van der Waals surface area contributed by atoms with Gasteiger partial charge in [0.2, 0.25) is 0 Å². The van der Waals surface area contributed by atoms with Gasteiger partial charge in [0.15, 0.2) is 6.61 Å². The minimum Gasteiger partial charge on any atom is -0.483 e. The number of amides is 1. The Morgan fingerprint density at radius 3 is 2.43 bits per heavy atom. The van der Waals surface area contributed by atoms with Gasteiger partial charge >= 0.3 is 11.9 Å². The second-order valence-electron chi connectivity index (χ2n) is 4.67. The monoisotopic (exact) mass is 323 g/mol. The molecule has 0 aliphatic rings. The zero-order chi connectivity index (χ0) is 17.2. The molecule has 1 amide bonds. The number of nitrogens with one attached hydrogen (secondary N) is 1. The maximum absolute atomic E-state index is 11.9. The highest BCUT2D eigenvalue weighted by Crippen LogP contribution is 2.17. The number of carbonyl (C=O) groups is 3. The van der Waals surface area contributed by atoms with Crippen LogP contribution in [0.25, 0.3) is 0 Å². The van der Waals surface area contributed by atoms with Crippen LogP contribution in [0.2, 0.25) is 0 Å². The van der Waals surface area contributed by atoms with Crippen molar-refractivity contribution < 1.29 is 28.6 Å². The summed E-state index contributed by atoms with van der Waals surface area (Å²) in [7, 11) is 2.37. The average Bonchev–Trinajstić information content (AvgIpc) is 2.58. The molecule has 23 heavy (non-hydrogen) atoms. The molecule has 0 heterocycles. The van der Waals surface area contributed by atoms with Gasteiger partial charge in [-0.05, 0) is 18.1 Å². The summed E-state index contributed by atoms with van der Waals surface area (Å²) in [4.78, 5) is 34.8. The highest BCUT2D eigenvalue weighted by molar-refractivity contribution is 5.88. The molecule has 1 rings (SSSR count). The number of methoxy groups -OCH3 is 2. The molecule has 1 N–H and O–H groups in total. The fourth-order valence-corrected chi connectivity index (χ4v) is 1.90. The minimum absolute atomic E-state index is 0.272. The number of hydrogen-bond donors (Lipinski definition) is 1. The Bertz CT molecular complexity index is 557. The van der Waals surface area contributed by atoms with Gasteiger partial charge in [0, 0.05) is 0 Å². The van der Waals surface area contributed by atoms with Gasteiger partial charge in [-0.3, -0.25) is 9.59 Å². The third kappa shape index (κ3) is 5.98. The number of carbonyl (C=O) groups excluding carboxylic acids is 3. The molecule has 1 atom stereocenters. The van der Waals surface area contributed by atoms with Crippen molar-refractivity contribution >= 4 is 17.8 Å². The maximum atomic E-state index is 11.9. The summed E-state index contributed by atoms with van der Waals surface area (Å²) >= 11 is 0. The fraction of sp³-hybridized carbons (Fsp3) is 0.438. The van der Waals surface area contributed by atoms with Crippen molar-refractivity contribution in [3.8, 4) is 5.75 Å². The summed E-state index contributed by atoms with van der Waals surface area (Å²) in [5, 5.41) is 2.40. The molecule has 0 spiro atoms. The Morgan fingerprint density at radius 2 is 1.83 bits per heavy atom. The molecule has 7 nitrogen and oxygen atoms in total. The number of benzene rings is 1. The smallest absolute Gasteiger partial charge is 0.328 e. The van der Waals surface area contributed by atoms with E-state index in [0.29, 0.717) is 5.75 Å². The van der Waals surface area contributed by atoms with Crippen LogP contribution in [-0.2, 0) is 30.3 Å². The molecule has 0 saturated carbocycles. The summed E-state index contributed by atoms with van der Waals surface area (Å²) in [5.74, 6) is -1.28. The standard InChI is InChI=1S/C16H21NO6/c1-4-11-7-5-6-8-13(11)23-10-14(18)17-12(16(20)22-3)9-15(19)21-2/h5-8,12H,4,9-10H2,1-3H3,(H,17,18)/t12-/m0/s1. The van der Waals surface area contributed by atoms with Gasteiger partial charge in [-0.2, -0.15) is 0 Å². The van der Waals surface area contributed by atoms with Gasteiger partial charge in [0.05, 0.1) is 20.6 Å². The highest BCUT2D eigenvalue weighted by atomic mass is 16.5. The first kappa shape index (κ1) is 18.5. The number of hydrogen-bond acceptors (Lipinski definition) is 6. The van der Waals surface area contributed by atoms with Crippen molar-refractivity contribution in [3.63, 3.8) is 0 Å². The van der Waals surface area contributed by atoms with Crippen LogP contribution in [0.4, 0.5) is 0 Å². The molecule has 0 radical (unpaired) electrons. The summed E-state index contributed by atoms with van der Waals surface area (Å²) in [6, 6.07) is 6.25. The quantitative estimate of drug-likeness (QED) is 0.713. The number of para-hydroxylation sites is 1. The van der Waals surface area contributed by atoms with Crippen molar-refractivity contribution in [1.82, 2.24) is 5.32 Å². The van der Waals surface area contributed by atoms with E-state index < -0.39 is 23.9 Å². The summed E-state index contributed by atoms with van der Waals surface area (Å²) in [5.41, 5.74) is 0.972. The van der Waals surface area contributed by atoms with Crippen molar-refractivity contribution in [1.29, 1.82) is 0 Å². The average molecular weight is 323 g/mol. The van der Waals surface area contributed by atoms with Crippen molar-refractivity contribution in [2.75, 3.05) is 20.8 Å². The zero-order valence-electron chi connectivity index (χ0n) is 13.5. The molecule has 1 aromatic carbocycles. The third-order valence-corrected chi connectivity index (χ3v) is 3.13. The molecule has 0 bridgehead atoms. The molecule has 0 unspecified atom stereocenters. The summed E-state index contributed by atoms with van der Waals surface area (Å²) < 4.78 is 14.5. The van der Waals surface area contributed by atoms with Crippen LogP contribution in [0.1, 0.15) is 18.9 Å². The van der Waals surface area contributed by atoms with E-state index in [2.05, 4.69) is 14.8 Å². The van der Waals surface area contributed by atoms with E-state index in [-0.39, 0.29) is 13.0 Å². The lowest BCUT2D eigenvalue weighted by atomic mass is 10.1. The van der Waals surface area contributed by atoms with Crippen molar-refractivity contribution in [2.45, 2.75) is 25.8 Å². The molecule has 0 aliphatic carbocycles.